The Hall–Kier alpha value is -2.63. The van der Waals surface area contributed by atoms with E-state index in [4.69, 9.17) is 4.74 Å². The van der Waals surface area contributed by atoms with Crippen molar-refractivity contribution in [3.63, 3.8) is 0 Å². The van der Waals surface area contributed by atoms with E-state index in [9.17, 15) is 15.0 Å². The van der Waals surface area contributed by atoms with E-state index in [0.29, 0.717) is 28.8 Å². The molecule has 0 aliphatic carbocycles. The third kappa shape index (κ3) is 3.26. The van der Waals surface area contributed by atoms with Gasteiger partial charge in [-0.15, -0.1) is 0 Å². The van der Waals surface area contributed by atoms with Gasteiger partial charge < -0.3 is 19.9 Å². The van der Waals surface area contributed by atoms with Gasteiger partial charge in [-0.2, -0.15) is 0 Å². The topological polar surface area (TPSA) is 82.6 Å². The highest BCUT2D eigenvalue weighted by molar-refractivity contribution is 5.87. The summed E-state index contributed by atoms with van der Waals surface area (Å²) in [7, 11) is 0. The first-order valence-electron chi connectivity index (χ1n) is 7.30. The van der Waals surface area contributed by atoms with Gasteiger partial charge in [0, 0.05) is 11.5 Å². The minimum atomic E-state index is -1.01. The van der Waals surface area contributed by atoms with Gasteiger partial charge >= 0.3 is 0 Å². The first-order chi connectivity index (χ1) is 11.2. The Balaban J connectivity index is 2.00. The molecule has 1 heterocycles. The summed E-state index contributed by atoms with van der Waals surface area (Å²) in [6.45, 7) is -0.0206. The summed E-state index contributed by atoms with van der Waals surface area (Å²) >= 11 is 0. The smallest absolute Gasteiger partial charge is 0.248 e. The largest absolute Gasteiger partial charge is 0.487 e. The molecule has 5 heteroatoms. The van der Waals surface area contributed by atoms with Crippen molar-refractivity contribution in [2.24, 2.45) is 0 Å². The van der Waals surface area contributed by atoms with E-state index in [1.54, 1.807) is 18.2 Å². The van der Waals surface area contributed by atoms with Gasteiger partial charge in [-0.1, -0.05) is 36.4 Å². The highest BCUT2D eigenvalue weighted by atomic mass is 16.5. The Labute approximate surface area is 132 Å². The van der Waals surface area contributed by atoms with Gasteiger partial charge in [-0.25, -0.2) is 0 Å². The number of aliphatic hydroxyl groups excluding tert-OH is 2. The van der Waals surface area contributed by atoms with E-state index in [0.717, 1.165) is 5.56 Å². The SMILES string of the molecule is O=c1ccc2c([C@H](O)CO)ccc(OCc3ccccc3)c2[nH]1. The molecular weight excluding hydrogens is 294 g/mol. The van der Waals surface area contributed by atoms with E-state index in [1.165, 1.54) is 6.07 Å². The van der Waals surface area contributed by atoms with Gasteiger partial charge in [0.2, 0.25) is 5.56 Å². The number of pyridine rings is 1. The van der Waals surface area contributed by atoms with Crippen LogP contribution in [0.5, 0.6) is 5.75 Å². The fourth-order valence-corrected chi connectivity index (χ4v) is 2.49. The van der Waals surface area contributed by atoms with Crippen LogP contribution < -0.4 is 10.3 Å². The molecule has 0 radical (unpaired) electrons. The maximum atomic E-state index is 11.6. The number of H-pyrrole nitrogens is 1. The lowest BCUT2D eigenvalue weighted by Gasteiger charge is -2.14. The average Bonchev–Trinajstić information content (AvgIpc) is 2.59. The maximum absolute atomic E-state index is 11.6. The van der Waals surface area contributed by atoms with Crippen LogP contribution in [-0.2, 0) is 6.61 Å². The molecule has 0 fully saturated rings. The number of fused-ring (bicyclic) bond motifs is 1. The number of aromatic nitrogens is 1. The minimum Gasteiger partial charge on any atom is -0.487 e. The summed E-state index contributed by atoms with van der Waals surface area (Å²) in [6, 6.07) is 16.1. The Kier molecular flexibility index (Phi) is 4.41. The van der Waals surface area contributed by atoms with Crippen molar-refractivity contribution < 1.29 is 14.9 Å². The first-order valence-corrected chi connectivity index (χ1v) is 7.30. The second-order valence-corrected chi connectivity index (χ2v) is 5.24. The summed E-state index contributed by atoms with van der Waals surface area (Å²) in [6.07, 6.45) is -1.01. The summed E-state index contributed by atoms with van der Waals surface area (Å²) in [5.74, 6) is 0.524. The van der Waals surface area contributed by atoms with Crippen molar-refractivity contribution in [1.29, 1.82) is 0 Å². The van der Waals surface area contributed by atoms with E-state index in [-0.39, 0.29) is 5.56 Å². The molecule has 0 saturated carbocycles. The summed E-state index contributed by atoms with van der Waals surface area (Å²) in [5.41, 5.74) is 1.82. The van der Waals surface area contributed by atoms with Crippen LogP contribution in [0.15, 0.2) is 59.4 Å². The highest BCUT2D eigenvalue weighted by Crippen LogP contribution is 2.30. The minimum absolute atomic E-state index is 0.252. The van der Waals surface area contributed by atoms with E-state index in [1.807, 2.05) is 30.3 Å². The van der Waals surface area contributed by atoms with Crippen LogP contribution in [0.25, 0.3) is 10.9 Å². The molecule has 5 nitrogen and oxygen atoms in total. The number of hydrogen-bond donors (Lipinski definition) is 3. The van der Waals surface area contributed by atoms with Crippen LogP contribution in [0.4, 0.5) is 0 Å². The molecule has 2 aromatic carbocycles. The molecule has 23 heavy (non-hydrogen) atoms. The van der Waals surface area contributed by atoms with E-state index >= 15 is 0 Å². The lowest BCUT2D eigenvalue weighted by Crippen LogP contribution is -2.08. The zero-order valence-corrected chi connectivity index (χ0v) is 12.4. The van der Waals surface area contributed by atoms with Crippen LogP contribution >= 0.6 is 0 Å². The number of aromatic amines is 1. The highest BCUT2D eigenvalue weighted by Gasteiger charge is 2.14. The number of aliphatic hydroxyl groups is 2. The molecule has 0 spiro atoms. The van der Waals surface area contributed by atoms with Gasteiger partial charge in [0.25, 0.3) is 0 Å². The standard InChI is InChI=1S/C18H17NO4/c20-10-15(21)13-6-8-16(18-14(13)7-9-17(22)19-18)23-11-12-4-2-1-3-5-12/h1-9,15,20-21H,10-11H2,(H,19,22)/t15-/m1/s1. The molecule has 1 aromatic heterocycles. The van der Waals surface area contributed by atoms with Gasteiger partial charge in [0.1, 0.15) is 18.5 Å². The van der Waals surface area contributed by atoms with E-state index < -0.39 is 12.7 Å². The number of rotatable bonds is 5. The molecule has 3 rings (SSSR count). The monoisotopic (exact) mass is 311 g/mol. The Bertz CT molecular complexity index is 858. The van der Waals surface area contributed by atoms with Crippen molar-refractivity contribution >= 4 is 10.9 Å². The number of ether oxygens (including phenoxy) is 1. The molecule has 118 valence electrons. The molecule has 0 unspecified atom stereocenters. The zero-order valence-electron chi connectivity index (χ0n) is 12.4. The molecule has 0 amide bonds. The lowest BCUT2D eigenvalue weighted by atomic mass is 10.0. The van der Waals surface area contributed by atoms with Crippen molar-refractivity contribution in [1.82, 2.24) is 4.98 Å². The van der Waals surface area contributed by atoms with Gasteiger partial charge in [0.05, 0.1) is 12.1 Å². The molecule has 0 aliphatic heterocycles. The summed E-state index contributed by atoms with van der Waals surface area (Å²) in [4.78, 5) is 14.4. The summed E-state index contributed by atoms with van der Waals surface area (Å²) < 4.78 is 5.81. The van der Waals surface area contributed by atoms with Crippen LogP contribution in [0.2, 0.25) is 0 Å². The van der Waals surface area contributed by atoms with Crippen molar-refractivity contribution in [2.75, 3.05) is 6.61 Å². The number of nitrogens with one attached hydrogen (secondary N) is 1. The van der Waals surface area contributed by atoms with Gasteiger partial charge in [0.15, 0.2) is 0 Å². The fourth-order valence-electron chi connectivity index (χ4n) is 2.49. The molecule has 0 bridgehead atoms. The van der Waals surface area contributed by atoms with Crippen LogP contribution in [-0.4, -0.2) is 21.8 Å². The van der Waals surface area contributed by atoms with Crippen LogP contribution in [0.1, 0.15) is 17.2 Å². The molecule has 0 aliphatic rings. The van der Waals surface area contributed by atoms with Crippen LogP contribution in [0.3, 0.4) is 0 Å². The van der Waals surface area contributed by atoms with Crippen molar-refractivity contribution in [2.45, 2.75) is 12.7 Å². The third-order valence-corrected chi connectivity index (χ3v) is 3.66. The number of hydrogen-bond acceptors (Lipinski definition) is 4. The van der Waals surface area contributed by atoms with Gasteiger partial charge in [-0.05, 0) is 23.3 Å². The predicted octanol–water partition coefficient (Wildman–Crippen LogP) is 2.13. The van der Waals surface area contributed by atoms with Crippen molar-refractivity contribution in [3.05, 3.63) is 76.1 Å². The third-order valence-electron chi connectivity index (χ3n) is 3.66. The molecule has 0 saturated heterocycles. The Morgan fingerprint density at radius 2 is 1.83 bits per heavy atom. The number of benzene rings is 2. The normalized spacial score (nSPS) is 12.3. The second kappa shape index (κ2) is 6.64. The Morgan fingerprint density at radius 3 is 2.57 bits per heavy atom. The molecular formula is C18H17NO4. The molecule has 3 N–H and O–H groups in total. The maximum Gasteiger partial charge on any atom is 0.248 e. The lowest BCUT2D eigenvalue weighted by molar-refractivity contribution is 0.0967. The predicted molar refractivity (Wildman–Crippen MR) is 87.4 cm³/mol. The quantitative estimate of drug-likeness (QED) is 0.674. The molecule has 1 atom stereocenters. The fraction of sp³-hybridized carbons (Fsp3) is 0.167. The summed E-state index contributed by atoms with van der Waals surface area (Å²) in [5, 5.41) is 19.7. The van der Waals surface area contributed by atoms with Crippen molar-refractivity contribution in [3.8, 4) is 5.75 Å². The van der Waals surface area contributed by atoms with Crippen LogP contribution in [0, 0.1) is 0 Å². The molecule has 3 aromatic rings. The zero-order chi connectivity index (χ0) is 16.2. The van der Waals surface area contributed by atoms with Gasteiger partial charge in [-0.3, -0.25) is 4.79 Å². The van der Waals surface area contributed by atoms with E-state index in [2.05, 4.69) is 4.98 Å². The first kappa shape index (κ1) is 15.3. The second-order valence-electron chi connectivity index (χ2n) is 5.24. The average molecular weight is 311 g/mol. The Morgan fingerprint density at radius 1 is 1.04 bits per heavy atom.